The second kappa shape index (κ2) is 35.4. The Balaban J connectivity index is 0. The summed E-state index contributed by atoms with van der Waals surface area (Å²) < 4.78 is 0. The molecular weight excluding hydrogens is 191 g/mol. The minimum absolute atomic E-state index is 0. The Morgan fingerprint density at radius 2 is 0.750 bits per heavy atom. The van der Waals surface area contributed by atoms with Gasteiger partial charge in [-0.25, -0.2) is 0 Å². The van der Waals surface area contributed by atoms with E-state index >= 15 is 0 Å². The van der Waals surface area contributed by atoms with Gasteiger partial charge >= 0.3 is 0 Å². The average molecular weight is 195 g/mol. The molecular formula is H4F2LaN-. The van der Waals surface area contributed by atoms with E-state index in [4.69, 9.17) is 0 Å². The summed E-state index contributed by atoms with van der Waals surface area (Å²) >= 11 is 0. The Bertz CT molecular complexity index is 6.00. The van der Waals surface area contributed by atoms with E-state index in [1.807, 2.05) is 0 Å². The van der Waals surface area contributed by atoms with Gasteiger partial charge in [0.05, 0.1) is 0 Å². The number of hydrogen-bond acceptors (Lipinski definition) is 0. The first kappa shape index (κ1) is 78.5. The molecule has 0 aromatic heterocycles. The Hall–Kier alpha value is 1.01. The first-order chi connectivity index (χ1) is 0. The maximum atomic E-state index is 0. The molecule has 0 aliphatic carbocycles. The van der Waals surface area contributed by atoms with Crippen LogP contribution >= 0.6 is 0 Å². The van der Waals surface area contributed by atoms with E-state index in [0.29, 0.717) is 0 Å². The van der Waals surface area contributed by atoms with Crippen molar-refractivity contribution in [3.05, 3.63) is 0 Å². The van der Waals surface area contributed by atoms with Gasteiger partial charge in [-0.2, -0.15) is 0 Å². The summed E-state index contributed by atoms with van der Waals surface area (Å²) in [5.41, 5.74) is 0. The fourth-order valence-electron chi connectivity index (χ4n) is 0. The molecule has 0 heterocycles. The number of hydrogen-bond donors (Lipinski definition) is 1. The van der Waals surface area contributed by atoms with Gasteiger partial charge in [0, 0.05) is 35.6 Å². The molecule has 27 valence electrons. The zero-order chi connectivity index (χ0) is 0. The van der Waals surface area contributed by atoms with Crippen molar-refractivity contribution >= 4 is 0 Å². The Morgan fingerprint density at radius 1 is 0.750 bits per heavy atom. The maximum absolute atomic E-state index is 0. The maximum Gasteiger partial charge on any atom is 0 e. The normalized spacial score (nSPS) is 0. The molecule has 0 unspecified atom stereocenters. The third-order valence-electron chi connectivity index (χ3n) is 0. The van der Waals surface area contributed by atoms with Crippen molar-refractivity contribution in [3.8, 4) is 0 Å². The summed E-state index contributed by atoms with van der Waals surface area (Å²) in [5, 5.41) is 0. The van der Waals surface area contributed by atoms with Gasteiger partial charge in [0.2, 0.25) is 0 Å². The van der Waals surface area contributed by atoms with E-state index in [-0.39, 0.29) is 51.2 Å². The summed E-state index contributed by atoms with van der Waals surface area (Å²) in [4.78, 5) is 0. The molecule has 1 nitrogen and oxygen atoms in total. The molecule has 0 rings (SSSR count). The van der Waals surface area contributed by atoms with Crippen LogP contribution in [0.5, 0.6) is 0 Å². The van der Waals surface area contributed by atoms with E-state index in [1.165, 1.54) is 0 Å². The molecule has 0 aromatic rings. The van der Waals surface area contributed by atoms with Crippen LogP contribution in [0.1, 0.15) is 0 Å². The van der Waals surface area contributed by atoms with E-state index < -0.39 is 0 Å². The smallest absolute Gasteiger partial charge is 0 e. The van der Waals surface area contributed by atoms with Crippen LogP contribution in [-0.4, -0.2) is 0 Å². The quantitative estimate of drug-likeness (QED) is 0.400. The van der Waals surface area contributed by atoms with Crippen molar-refractivity contribution in [1.82, 2.24) is 6.15 Å². The third kappa shape index (κ3) is 11.9. The van der Waals surface area contributed by atoms with Gasteiger partial charge in [-0.15, -0.1) is 0 Å². The number of halogens is 2. The molecule has 0 bridgehead atoms. The second-order valence-corrected chi connectivity index (χ2v) is 0. The van der Waals surface area contributed by atoms with Crippen molar-refractivity contribution in [2.24, 2.45) is 0 Å². The van der Waals surface area contributed by atoms with Crippen LogP contribution in [0.25, 0.3) is 0 Å². The Morgan fingerprint density at radius 3 is 0.750 bits per heavy atom. The van der Waals surface area contributed by atoms with Gasteiger partial charge in [-0.1, -0.05) is 0 Å². The Labute approximate surface area is 51.1 Å². The third-order valence-corrected chi connectivity index (χ3v) is 0. The first-order valence-corrected chi connectivity index (χ1v) is 0. The molecule has 0 amide bonds. The van der Waals surface area contributed by atoms with E-state index in [9.17, 15) is 0 Å². The molecule has 0 atom stereocenters. The van der Waals surface area contributed by atoms with Crippen LogP contribution in [0.4, 0.5) is 0 Å². The van der Waals surface area contributed by atoms with Crippen LogP contribution in [0.15, 0.2) is 0 Å². The summed E-state index contributed by atoms with van der Waals surface area (Å²) in [5.74, 6) is 0. The fraction of sp³-hybridized carbons (Fsp3) is 0. The van der Waals surface area contributed by atoms with Gasteiger partial charge in [0.1, 0.15) is 0 Å². The standard InChI is InChI=1S/2FH.La.H3N/h2*1H;;1H3/p-1. The van der Waals surface area contributed by atoms with Crippen LogP contribution in [0.2, 0.25) is 0 Å². The summed E-state index contributed by atoms with van der Waals surface area (Å²) in [6.45, 7) is 0. The molecule has 1 radical (unpaired) electrons. The average Bonchev–Trinajstić information content (AvgIpc) is 0. The number of rotatable bonds is 0. The zero-order valence-corrected chi connectivity index (χ0v) is 5.96. The van der Waals surface area contributed by atoms with Crippen molar-refractivity contribution in [1.29, 1.82) is 0 Å². The summed E-state index contributed by atoms with van der Waals surface area (Å²) in [7, 11) is 0. The molecule has 4 N–H and O–H groups in total. The molecule has 0 aliphatic heterocycles. The topological polar surface area (TPSA) is 36.5 Å². The molecule has 0 saturated heterocycles. The second-order valence-electron chi connectivity index (χ2n) is 0. The molecule has 0 fully saturated rings. The minimum Gasteiger partial charge on any atom is -1.00 e. The zero-order valence-electron chi connectivity index (χ0n) is 2.33. The van der Waals surface area contributed by atoms with Gasteiger partial charge in [0.25, 0.3) is 0 Å². The first-order valence-electron chi connectivity index (χ1n) is 0. The molecule has 4 heteroatoms. The predicted octanol–water partition coefficient (Wildman–Crippen LogP) is -5.62. The SMILES string of the molecule is [F-].[F-].[La].[NH4+]. The molecule has 0 aromatic carbocycles. The van der Waals surface area contributed by atoms with Gasteiger partial charge < -0.3 is 15.6 Å². The van der Waals surface area contributed by atoms with Gasteiger partial charge in [0.15, 0.2) is 0 Å². The molecule has 0 saturated carbocycles. The summed E-state index contributed by atoms with van der Waals surface area (Å²) in [6, 6.07) is 0. The molecule has 0 spiro atoms. The van der Waals surface area contributed by atoms with Crippen LogP contribution in [0.3, 0.4) is 0 Å². The predicted molar refractivity (Wildman–Crippen MR) is 5.98 cm³/mol. The molecule has 4 heavy (non-hydrogen) atoms. The van der Waals surface area contributed by atoms with Crippen LogP contribution < -0.4 is 15.6 Å². The monoisotopic (exact) mass is 195 g/mol. The minimum atomic E-state index is 0. The number of quaternary nitrogens is 1. The van der Waals surface area contributed by atoms with E-state index in [2.05, 4.69) is 0 Å². The van der Waals surface area contributed by atoms with Crippen molar-refractivity contribution in [2.45, 2.75) is 0 Å². The largest absolute Gasteiger partial charge is 1.00 e. The van der Waals surface area contributed by atoms with Crippen molar-refractivity contribution < 1.29 is 45.0 Å². The van der Waals surface area contributed by atoms with Crippen molar-refractivity contribution in [3.63, 3.8) is 0 Å². The fourth-order valence-corrected chi connectivity index (χ4v) is 0. The van der Waals surface area contributed by atoms with Crippen LogP contribution in [0, 0.1) is 35.6 Å². The van der Waals surface area contributed by atoms with E-state index in [1.54, 1.807) is 0 Å². The summed E-state index contributed by atoms with van der Waals surface area (Å²) in [6.07, 6.45) is 0. The van der Waals surface area contributed by atoms with Crippen LogP contribution in [-0.2, 0) is 0 Å². The Kier molecular flexibility index (Phi) is 695. The van der Waals surface area contributed by atoms with Crippen molar-refractivity contribution in [2.75, 3.05) is 0 Å². The molecule has 0 aliphatic rings. The van der Waals surface area contributed by atoms with Gasteiger partial charge in [-0.05, 0) is 0 Å². The van der Waals surface area contributed by atoms with E-state index in [0.717, 1.165) is 0 Å². The van der Waals surface area contributed by atoms with Gasteiger partial charge in [-0.3, -0.25) is 0 Å².